The number of hydrogen-bond donors (Lipinski definition) is 2. The van der Waals surface area contributed by atoms with Gasteiger partial charge in [-0.2, -0.15) is 0 Å². The molecule has 4 nitrogen and oxygen atoms in total. The molecule has 1 fully saturated rings. The molecule has 2 rings (SSSR count). The van der Waals surface area contributed by atoms with Gasteiger partial charge < -0.3 is 10.4 Å². The summed E-state index contributed by atoms with van der Waals surface area (Å²) < 4.78 is 0. The van der Waals surface area contributed by atoms with E-state index in [1.54, 1.807) is 6.20 Å². The molecule has 0 aromatic carbocycles. The van der Waals surface area contributed by atoms with Crippen LogP contribution in [0.2, 0.25) is 0 Å². The molecule has 1 heterocycles. The summed E-state index contributed by atoms with van der Waals surface area (Å²) in [6.07, 6.45) is 5.00. The minimum absolute atomic E-state index is 0.0720. The highest BCUT2D eigenvalue weighted by Gasteiger charge is 2.26. The largest absolute Gasteiger partial charge is 0.393 e. The summed E-state index contributed by atoms with van der Waals surface area (Å²) in [6.45, 7) is 0.897. The number of nitrogens with zero attached hydrogens (tertiary/aromatic N) is 2. The Morgan fingerprint density at radius 1 is 1.54 bits per heavy atom. The lowest BCUT2D eigenvalue weighted by Gasteiger charge is -2.31. The molecule has 70 valence electrons. The van der Waals surface area contributed by atoms with Crippen molar-refractivity contribution in [3.8, 4) is 0 Å². The molecule has 0 unspecified atom stereocenters. The van der Waals surface area contributed by atoms with Crippen LogP contribution in [0.3, 0.4) is 0 Å². The van der Waals surface area contributed by atoms with Crippen LogP contribution in [0.25, 0.3) is 0 Å². The third-order valence-electron chi connectivity index (χ3n) is 2.36. The van der Waals surface area contributed by atoms with Crippen LogP contribution in [-0.4, -0.2) is 27.7 Å². The fourth-order valence-corrected chi connectivity index (χ4v) is 1.51. The minimum Gasteiger partial charge on any atom is -0.393 e. The van der Waals surface area contributed by atoms with E-state index in [-0.39, 0.29) is 6.10 Å². The van der Waals surface area contributed by atoms with Crippen molar-refractivity contribution in [1.82, 2.24) is 9.97 Å². The Morgan fingerprint density at radius 2 is 2.38 bits per heavy atom. The van der Waals surface area contributed by atoms with Crippen molar-refractivity contribution in [3.63, 3.8) is 0 Å². The van der Waals surface area contributed by atoms with E-state index in [0.29, 0.717) is 5.92 Å². The van der Waals surface area contributed by atoms with Crippen molar-refractivity contribution < 1.29 is 5.11 Å². The van der Waals surface area contributed by atoms with Crippen molar-refractivity contribution in [2.45, 2.75) is 18.9 Å². The summed E-state index contributed by atoms with van der Waals surface area (Å²) in [6, 6.07) is 1.84. The second kappa shape index (κ2) is 3.70. The smallest absolute Gasteiger partial charge is 0.129 e. The highest BCUT2D eigenvalue weighted by Crippen LogP contribution is 2.26. The van der Waals surface area contributed by atoms with Gasteiger partial charge in [0.1, 0.15) is 12.1 Å². The first-order valence-electron chi connectivity index (χ1n) is 4.52. The quantitative estimate of drug-likeness (QED) is 0.715. The first-order chi connectivity index (χ1) is 6.34. The lowest BCUT2D eigenvalue weighted by atomic mass is 9.82. The van der Waals surface area contributed by atoms with E-state index >= 15 is 0 Å². The molecule has 2 N–H and O–H groups in total. The fraction of sp³-hybridized carbons (Fsp3) is 0.556. The summed E-state index contributed by atoms with van der Waals surface area (Å²) in [5.41, 5.74) is 0. The third-order valence-corrected chi connectivity index (χ3v) is 2.36. The number of aliphatic hydroxyl groups is 1. The van der Waals surface area contributed by atoms with E-state index in [1.807, 2.05) is 6.07 Å². The zero-order valence-electron chi connectivity index (χ0n) is 7.35. The van der Waals surface area contributed by atoms with Gasteiger partial charge in [0.15, 0.2) is 0 Å². The Hall–Kier alpha value is -1.16. The van der Waals surface area contributed by atoms with Crippen molar-refractivity contribution >= 4 is 5.82 Å². The van der Waals surface area contributed by atoms with Gasteiger partial charge in [-0.3, -0.25) is 0 Å². The van der Waals surface area contributed by atoms with E-state index in [1.165, 1.54) is 6.33 Å². The van der Waals surface area contributed by atoms with E-state index < -0.39 is 0 Å². The Bertz CT molecular complexity index is 259. The summed E-state index contributed by atoms with van der Waals surface area (Å²) in [5.74, 6) is 1.46. The maximum Gasteiger partial charge on any atom is 0.129 e. The van der Waals surface area contributed by atoms with E-state index in [4.69, 9.17) is 5.11 Å². The first-order valence-corrected chi connectivity index (χ1v) is 4.52. The number of anilines is 1. The molecule has 0 radical (unpaired) electrons. The Labute approximate surface area is 77.0 Å². The fourth-order valence-electron chi connectivity index (χ4n) is 1.51. The summed E-state index contributed by atoms with van der Waals surface area (Å²) in [4.78, 5) is 7.87. The monoisotopic (exact) mass is 179 g/mol. The van der Waals surface area contributed by atoms with Crippen molar-refractivity contribution in [3.05, 3.63) is 18.6 Å². The average molecular weight is 179 g/mol. The highest BCUT2D eigenvalue weighted by atomic mass is 16.3. The topological polar surface area (TPSA) is 58.0 Å². The third kappa shape index (κ3) is 2.15. The minimum atomic E-state index is -0.0720. The molecule has 1 aromatic rings. The number of nitrogens with one attached hydrogen (secondary N) is 1. The predicted octanol–water partition coefficient (Wildman–Crippen LogP) is 0.659. The van der Waals surface area contributed by atoms with Crippen LogP contribution in [0.4, 0.5) is 5.82 Å². The van der Waals surface area contributed by atoms with Crippen molar-refractivity contribution in [1.29, 1.82) is 0 Å². The summed E-state index contributed by atoms with van der Waals surface area (Å²) in [7, 11) is 0. The zero-order chi connectivity index (χ0) is 9.10. The zero-order valence-corrected chi connectivity index (χ0v) is 7.35. The van der Waals surface area contributed by atoms with Gasteiger partial charge in [0.25, 0.3) is 0 Å². The van der Waals surface area contributed by atoms with E-state index in [9.17, 15) is 0 Å². The van der Waals surface area contributed by atoms with E-state index in [0.717, 1.165) is 25.2 Å². The second-order valence-electron chi connectivity index (χ2n) is 3.47. The molecular formula is C9H13N3O. The molecule has 0 aliphatic heterocycles. The van der Waals surface area contributed by atoms with E-state index in [2.05, 4.69) is 15.3 Å². The molecule has 0 atom stereocenters. The molecular weight excluding hydrogens is 166 g/mol. The average Bonchev–Trinajstić information content (AvgIpc) is 2.12. The van der Waals surface area contributed by atoms with Crippen LogP contribution >= 0.6 is 0 Å². The summed E-state index contributed by atoms with van der Waals surface area (Å²) >= 11 is 0. The van der Waals surface area contributed by atoms with Gasteiger partial charge in [-0.25, -0.2) is 9.97 Å². The standard InChI is InChI=1S/C9H13N3O/c13-8-3-7(4-8)5-11-9-1-2-10-6-12-9/h1-2,6-8,13H,3-5H2,(H,10,11,12). The molecule has 1 saturated carbocycles. The van der Waals surface area contributed by atoms with Crippen LogP contribution in [0.5, 0.6) is 0 Å². The Kier molecular flexibility index (Phi) is 2.40. The molecule has 0 amide bonds. The van der Waals surface area contributed by atoms with Crippen LogP contribution in [-0.2, 0) is 0 Å². The molecule has 0 bridgehead atoms. The number of rotatable bonds is 3. The Morgan fingerprint density at radius 3 is 3.00 bits per heavy atom. The SMILES string of the molecule is OC1CC(CNc2ccncn2)C1. The van der Waals surface area contributed by atoms with Gasteiger partial charge in [0, 0.05) is 12.7 Å². The normalized spacial score (nSPS) is 26.5. The van der Waals surface area contributed by atoms with Crippen LogP contribution in [0.15, 0.2) is 18.6 Å². The van der Waals surface area contributed by atoms with Gasteiger partial charge in [-0.15, -0.1) is 0 Å². The molecule has 1 aliphatic rings. The number of aliphatic hydroxyl groups excluding tert-OH is 1. The van der Waals surface area contributed by atoms with Crippen LogP contribution in [0.1, 0.15) is 12.8 Å². The number of hydrogen-bond acceptors (Lipinski definition) is 4. The maximum atomic E-state index is 9.06. The van der Waals surface area contributed by atoms with Gasteiger partial charge in [0.05, 0.1) is 6.10 Å². The lowest BCUT2D eigenvalue weighted by Crippen LogP contribution is -2.33. The molecule has 0 saturated heterocycles. The van der Waals surface area contributed by atoms with Crippen LogP contribution in [0, 0.1) is 5.92 Å². The van der Waals surface area contributed by atoms with Gasteiger partial charge in [0.2, 0.25) is 0 Å². The first kappa shape index (κ1) is 8.44. The molecule has 13 heavy (non-hydrogen) atoms. The molecule has 0 spiro atoms. The predicted molar refractivity (Wildman–Crippen MR) is 49.3 cm³/mol. The van der Waals surface area contributed by atoms with Crippen molar-refractivity contribution in [2.75, 3.05) is 11.9 Å². The van der Waals surface area contributed by atoms with Crippen LogP contribution < -0.4 is 5.32 Å². The molecule has 1 aliphatic carbocycles. The molecule has 1 aromatic heterocycles. The highest BCUT2D eigenvalue weighted by molar-refractivity contribution is 5.31. The second-order valence-corrected chi connectivity index (χ2v) is 3.47. The van der Waals surface area contributed by atoms with Gasteiger partial charge in [-0.1, -0.05) is 0 Å². The molecule has 4 heteroatoms. The Balaban J connectivity index is 1.74. The summed E-state index contributed by atoms with van der Waals surface area (Å²) in [5, 5.41) is 12.3. The van der Waals surface area contributed by atoms with Crippen molar-refractivity contribution in [2.24, 2.45) is 5.92 Å². The number of aromatic nitrogens is 2. The maximum absolute atomic E-state index is 9.06. The van der Waals surface area contributed by atoms with Gasteiger partial charge in [-0.05, 0) is 24.8 Å². The lowest BCUT2D eigenvalue weighted by molar-refractivity contribution is 0.0486. The van der Waals surface area contributed by atoms with Gasteiger partial charge >= 0.3 is 0 Å².